The third kappa shape index (κ3) is 2.56. The van der Waals surface area contributed by atoms with E-state index in [9.17, 15) is 0 Å². The summed E-state index contributed by atoms with van der Waals surface area (Å²) in [5.41, 5.74) is 3.53. The molecule has 0 unspecified atom stereocenters. The molecule has 8 nitrogen and oxygen atoms in total. The van der Waals surface area contributed by atoms with Gasteiger partial charge < -0.3 is 10.1 Å². The summed E-state index contributed by atoms with van der Waals surface area (Å²) >= 11 is 0. The topological polar surface area (TPSA) is 81.6 Å². The molecule has 122 valence electrons. The van der Waals surface area contributed by atoms with Crippen molar-refractivity contribution >= 4 is 17.1 Å². The van der Waals surface area contributed by atoms with Gasteiger partial charge in [0.1, 0.15) is 0 Å². The average Bonchev–Trinajstić information content (AvgIpc) is 3.20. The molecular formula is C16H17N7O. The first-order valence-electron chi connectivity index (χ1n) is 7.65. The number of fused-ring (bicyclic) bond motifs is 2. The van der Waals surface area contributed by atoms with E-state index in [4.69, 9.17) is 4.74 Å². The molecule has 1 N–H and O–H groups in total. The molecule has 4 heterocycles. The molecule has 0 radical (unpaired) electrons. The third-order valence-corrected chi connectivity index (χ3v) is 3.74. The fourth-order valence-corrected chi connectivity index (χ4v) is 2.65. The van der Waals surface area contributed by atoms with Crippen LogP contribution in [0.4, 0.5) is 5.95 Å². The first kappa shape index (κ1) is 14.6. The first-order chi connectivity index (χ1) is 11.7. The monoisotopic (exact) mass is 323 g/mol. The highest BCUT2D eigenvalue weighted by atomic mass is 16.5. The summed E-state index contributed by atoms with van der Waals surface area (Å²) in [5.74, 6) is 0.562. The van der Waals surface area contributed by atoms with E-state index < -0.39 is 0 Å². The van der Waals surface area contributed by atoms with E-state index in [0.717, 1.165) is 22.4 Å². The van der Waals surface area contributed by atoms with E-state index in [1.54, 1.807) is 28.5 Å². The minimum absolute atomic E-state index is 0.132. The Morgan fingerprint density at radius 2 is 2.04 bits per heavy atom. The molecule has 0 bridgehead atoms. The van der Waals surface area contributed by atoms with Crippen molar-refractivity contribution in [3.63, 3.8) is 0 Å². The van der Waals surface area contributed by atoms with Crippen LogP contribution >= 0.6 is 0 Å². The van der Waals surface area contributed by atoms with Crippen molar-refractivity contribution in [1.29, 1.82) is 0 Å². The molecule has 4 aromatic rings. The summed E-state index contributed by atoms with van der Waals surface area (Å²) in [7, 11) is 1.67. The second-order valence-corrected chi connectivity index (χ2v) is 5.59. The van der Waals surface area contributed by atoms with Crippen LogP contribution in [0.25, 0.3) is 22.4 Å². The van der Waals surface area contributed by atoms with E-state index in [1.807, 2.05) is 37.5 Å². The highest BCUT2D eigenvalue weighted by molar-refractivity contribution is 5.78. The highest BCUT2D eigenvalue weighted by Gasteiger charge is 2.11. The number of nitrogens with one attached hydrogen (secondary N) is 1. The fraction of sp³-hybridized carbons (Fsp3) is 0.250. The summed E-state index contributed by atoms with van der Waals surface area (Å²) in [6.07, 6.45) is 7.25. The lowest BCUT2D eigenvalue weighted by Gasteiger charge is -2.12. The maximum atomic E-state index is 5.11. The van der Waals surface area contributed by atoms with E-state index in [2.05, 4.69) is 25.5 Å². The second-order valence-electron chi connectivity index (χ2n) is 5.59. The Kier molecular flexibility index (Phi) is 3.58. The molecule has 0 saturated heterocycles. The number of nitrogens with zero attached hydrogens (tertiary/aromatic N) is 6. The predicted octanol–water partition coefficient (Wildman–Crippen LogP) is 1.89. The SMILES string of the molecule is COC[C@@H](C)Nc1ncc2c(-c3ccc4nccn4n3)ccn2n1. The van der Waals surface area contributed by atoms with Crippen molar-refractivity contribution in [2.75, 3.05) is 19.0 Å². The van der Waals surface area contributed by atoms with Crippen molar-refractivity contribution in [3.8, 4) is 11.3 Å². The Morgan fingerprint density at radius 1 is 1.12 bits per heavy atom. The van der Waals surface area contributed by atoms with E-state index in [-0.39, 0.29) is 6.04 Å². The number of hydrogen-bond donors (Lipinski definition) is 1. The zero-order valence-corrected chi connectivity index (χ0v) is 13.4. The summed E-state index contributed by atoms with van der Waals surface area (Å²) in [6, 6.07) is 6.00. The molecule has 24 heavy (non-hydrogen) atoms. The molecule has 0 aliphatic carbocycles. The minimum Gasteiger partial charge on any atom is -0.383 e. The van der Waals surface area contributed by atoms with Gasteiger partial charge >= 0.3 is 0 Å². The molecule has 0 aromatic carbocycles. The van der Waals surface area contributed by atoms with Gasteiger partial charge in [0.05, 0.1) is 24.0 Å². The van der Waals surface area contributed by atoms with Crippen molar-refractivity contribution < 1.29 is 4.74 Å². The van der Waals surface area contributed by atoms with Crippen LogP contribution in [-0.2, 0) is 4.74 Å². The van der Waals surface area contributed by atoms with Crippen LogP contribution in [0.5, 0.6) is 0 Å². The fourth-order valence-electron chi connectivity index (χ4n) is 2.65. The lowest BCUT2D eigenvalue weighted by Crippen LogP contribution is -2.22. The van der Waals surface area contributed by atoms with Crippen molar-refractivity contribution in [2.45, 2.75) is 13.0 Å². The lowest BCUT2D eigenvalue weighted by atomic mass is 10.2. The van der Waals surface area contributed by atoms with Gasteiger partial charge in [0, 0.05) is 37.3 Å². The van der Waals surface area contributed by atoms with Gasteiger partial charge in [-0.1, -0.05) is 0 Å². The summed E-state index contributed by atoms with van der Waals surface area (Å²) in [6.45, 7) is 2.61. The first-order valence-corrected chi connectivity index (χ1v) is 7.65. The number of aromatic nitrogens is 6. The van der Waals surface area contributed by atoms with Crippen LogP contribution in [0.3, 0.4) is 0 Å². The molecule has 0 fully saturated rings. The Hall–Kier alpha value is -3.00. The van der Waals surface area contributed by atoms with E-state index >= 15 is 0 Å². The predicted molar refractivity (Wildman–Crippen MR) is 89.9 cm³/mol. The highest BCUT2D eigenvalue weighted by Crippen LogP contribution is 2.23. The van der Waals surface area contributed by atoms with Crippen molar-refractivity contribution in [3.05, 3.63) is 43.0 Å². The van der Waals surface area contributed by atoms with Gasteiger partial charge in [-0.15, -0.1) is 5.10 Å². The van der Waals surface area contributed by atoms with Crippen LogP contribution in [0, 0.1) is 0 Å². The van der Waals surface area contributed by atoms with Crippen LogP contribution < -0.4 is 5.32 Å². The lowest BCUT2D eigenvalue weighted by molar-refractivity contribution is 0.190. The number of rotatable bonds is 5. The third-order valence-electron chi connectivity index (χ3n) is 3.74. The Balaban J connectivity index is 1.69. The quantitative estimate of drug-likeness (QED) is 0.604. The molecule has 4 rings (SSSR count). The largest absolute Gasteiger partial charge is 0.383 e. The molecule has 0 spiro atoms. The Labute approximate surface area is 138 Å². The number of hydrogen-bond acceptors (Lipinski definition) is 6. The molecule has 0 aliphatic rings. The summed E-state index contributed by atoms with van der Waals surface area (Å²) < 4.78 is 8.66. The molecule has 0 aliphatic heterocycles. The normalized spacial score (nSPS) is 12.8. The molecule has 8 heteroatoms. The van der Waals surface area contributed by atoms with E-state index in [0.29, 0.717) is 12.6 Å². The second kappa shape index (κ2) is 5.89. The standard InChI is InChI=1S/C16H17N7O/c1-11(10-24-2)19-16-18-9-14-12(5-7-22(14)21-16)13-3-4-15-17-6-8-23(15)20-13/h3-9,11H,10H2,1-2H3,(H,19,21)/t11-/m1/s1. The Morgan fingerprint density at radius 3 is 2.92 bits per heavy atom. The molecule has 4 aromatic heterocycles. The number of imidazole rings is 1. The smallest absolute Gasteiger partial charge is 0.241 e. The summed E-state index contributed by atoms with van der Waals surface area (Å²) in [4.78, 5) is 8.60. The maximum absolute atomic E-state index is 5.11. The van der Waals surface area contributed by atoms with Gasteiger partial charge in [-0.25, -0.2) is 19.0 Å². The molecule has 0 saturated carbocycles. The maximum Gasteiger partial charge on any atom is 0.241 e. The summed E-state index contributed by atoms with van der Waals surface area (Å²) in [5, 5.41) is 12.3. The number of methoxy groups -OCH3 is 1. The number of anilines is 1. The molecule has 1 atom stereocenters. The van der Waals surface area contributed by atoms with Gasteiger partial charge in [-0.05, 0) is 25.1 Å². The van der Waals surface area contributed by atoms with Crippen molar-refractivity contribution in [2.24, 2.45) is 0 Å². The van der Waals surface area contributed by atoms with Gasteiger partial charge in [0.2, 0.25) is 5.95 Å². The molecule has 0 amide bonds. The zero-order valence-electron chi connectivity index (χ0n) is 13.4. The zero-order chi connectivity index (χ0) is 16.5. The Bertz CT molecular complexity index is 990. The van der Waals surface area contributed by atoms with Gasteiger partial charge in [0.15, 0.2) is 5.65 Å². The van der Waals surface area contributed by atoms with Crippen LogP contribution in [-0.4, -0.2) is 49.0 Å². The van der Waals surface area contributed by atoms with Gasteiger partial charge in [0.25, 0.3) is 0 Å². The number of ether oxygens (including phenoxy) is 1. The van der Waals surface area contributed by atoms with Crippen molar-refractivity contribution in [1.82, 2.24) is 29.2 Å². The van der Waals surface area contributed by atoms with Crippen LogP contribution in [0.2, 0.25) is 0 Å². The van der Waals surface area contributed by atoms with Gasteiger partial charge in [-0.3, -0.25) is 0 Å². The molecular weight excluding hydrogens is 306 g/mol. The van der Waals surface area contributed by atoms with Gasteiger partial charge in [-0.2, -0.15) is 5.10 Å². The van der Waals surface area contributed by atoms with E-state index in [1.165, 1.54) is 0 Å². The van der Waals surface area contributed by atoms with Crippen LogP contribution in [0.1, 0.15) is 6.92 Å². The average molecular weight is 323 g/mol. The van der Waals surface area contributed by atoms with Crippen LogP contribution in [0.15, 0.2) is 43.0 Å². The minimum atomic E-state index is 0.132.